The van der Waals surface area contributed by atoms with E-state index in [0.29, 0.717) is 5.92 Å². The Morgan fingerprint density at radius 1 is 1.26 bits per heavy atom. The van der Waals surface area contributed by atoms with Crippen LogP contribution in [0.4, 0.5) is 5.69 Å². The topological polar surface area (TPSA) is 45.8 Å². The van der Waals surface area contributed by atoms with Gasteiger partial charge in [-0.3, -0.25) is 4.90 Å². The molecule has 0 amide bonds. The molecule has 1 saturated heterocycles. The van der Waals surface area contributed by atoms with Crippen molar-refractivity contribution in [1.82, 2.24) is 10.2 Å². The first kappa shape index (κ1) is 21.2. The highest BCUT2D eigenvalue weighted by molar-refractivity contribution is 7.80. The van der Waals surface area contributed by atoms with Gasteiger partial charge in [0.2, 0.25) is 0 Å². The molecule has 1 aliphatic heterocycles. The van der Waals surface area contributed by atoms with Crippen molar-refractivity contribution >= 4 is 23.0 Å². The van der Waals surface area contributed by atoms with Crippen LogP contribution in [0.1, 0.15) is 39.0 Å². The zero-order valence-electron chi connectivity index (χ0n) is 18.6. The molecule has 2 saturated carbocycles. The van der Waals surface area contributed by atoms with Gasteiger partial charge in [-0.05, 0) is 74.2 Å². The first-order valence-corrected chi connectivity index (χ1v) is 12.3. The minimum Gasteiger partial charge on any atom is -0.493 e. The van der Waals surface area contributed by atoms with Crippen molar-refractivity contribution in [2.24, 2.45) is 17.8 Å². The lowest BCUT2D eigenvalue weighted by Crippen LogP contribution is -2.49. The van der Waals surface area contributed by atoms with Crippen LogP contribution in [0.3, 0.4) is 0 Å². The summed E-state index contributed by atoms with van der Waals surface area (Å²) in [6, 6.07) is 8.15. The normalized spacial score (nSPS) is 31.9. The van der Waals surface area contributed by atoms with E-state index in [2.05, 4.69) is 34.6 Å². The first-order chi connectivity index (χ1) is 15.1. The molecular weight excluding hydrogens is 406 g/mol. The summed E-state index contributed by atoms with van der Waals surface area (Å²) in [6.07, 6.45) is 8.54. The van der Waals surface area contributed by atoms with Crippen molar-refractivity contribution < 1.29 is 9.47 Å². The summed E-state index contributed by atoms with van der Waals surface area (Å²) in [5.41, 5.74) is 2.85. The van der Waals surface area contributed by atoms with E-state index in [9.17, 15) is 0 Å². The number of hydrogen-bond donors (Lipinski definition) is 2. The zero-order chi connectivity index (χ0) is 21.3. The molecule has 2 bridgehead atoms. The highest BCUT2D eigenvalue weighted by Gasteiger charge is 2.53. The van der Waals surface area contributed by atoms with Gasteiger partial charge in [-0.25, -0.2) is 0 Å². The van der Waals surface area contributed by atoms with Crippen LogP contribution in [-0.2, 0) is 4.74 Å². The lowest BCUT2D eigenvalue weighted by atomic mass is 9.70. The summed E-state index contributed by atoms with van der Waals surface area (Å²) in [4.78, 5) is 2.44. The van der Waals surface area contributed by atoms with E-state index in [0.717, 1.165) is 74.3 Å². The molecule has 6 heteroatoms. The summed E-state index contributed by atoms with van der Waals surface area (Å²) in [5.74, 6) is 3.19. The summed E-state index contributed by atoms with van der Waals surface area (Å²) in [7, 11) is 0. The average molecular weight is 442 g/mol. The summed E-state index contributed by atoms with van der Waals surface area (Å²) >= 11 is 5.73. The van der Waals surface area contributed by atoms with Crippen LogP contribution in [-0.4, -0.2) is 55.0 Å². The molecule has 0 radical (unpaired) electrons. The van der Waals surface area contributed by atoms with Gasteiger partial charge in [0.1, 0.15) is 5.75 Å². The molecule has 4 aliphatic rings. The number of anilines is 1. The highest BCUT2D eigenvalue weighted by atomic mass is 32.1. The lowest BCUT2D eigenvalue weighted by Gasteiger charge is -2.37. The minimum absolute atomic E-state index is 0.154. The van der Waals surface area contributed by atoms with E-state index in [4.69, 9.17) is 21.7 Å². The molecule has 4 unspecified atom stereocenters. The number of ether oxygens (including phenoxy) is 2. The van der Waals surface area contributed by atoms with Crippen LogP contribution in [0.5, 0.6) is 5.75 Å². The molecule has 1 aromatic carbocycles. The monoisotopic (exact) mass is 441 g/mol. The molecular formula is C25H35N3O2S. The van der Waals surface area contributed by atoms with Crippen LogP contribution in [0, 0.1) is 17.8 Å². The van der Waals surface area contributed by atoms with Crippen molar-refractivity contribution in [2.75, 3.05) is 44.8 Å². The maximum Gasteiger partial charge on any atom is 0.171 e. The molecule has 0 aromatic heterocycles. The third-order valence-electron chi connectivity index (χ3n) is 7.48. The molecule has 1 aromatic rings. The molecule has 5 rings (SSSR count). The SMILES string of the molecule is CC1C=C2CC3CC(NC(=S)Nc4cccc(OCCCN5CCOCC5)c4)(C1)CC23. The second-order valence-electron chi connectivity index (χ2n) is 9.95. The quantitative estimate of drug-likeness (QED) is 0.376. The molecule has 2 N–H and O–H groups in total. The van der Waals surface area contributed by atoms with Gasteiger partial charge in [0.25, 0.3) is 0 Å². The van der Waals surface area contributed by atoms with Crippen molar-refractivity contribution in [3.8, 4) is 5.75 Å². The number of hydrogen-bond acceptors (Lipinski definition) is 4. The van der Waals surface area contributed by atoms with Crippen molar-refractivity contribution in [1.29, 1.82) is 0 Å². The predicted octanol–water partition coefficient (Wildman–Crippen LogP) is 4.21. The Kier molecular flexibility index (Phi) is 6.22. The van der Waals surface area contributed by atoms with Crippen LogP contribution in [0.2, 0.25) is 0 Å². The predicted molar refractivity (Wildman–Crippen MR) is 129 cm³/mol. The van der Waals surface area contributed by atoms with E-state index < -0.39 is 0 Å². The Labute approximate surface area is 191 Å². The van der Waals surface area contributed by atoms with Crippen molar-refractivity contribution in [2.45, 2.75) is 44.6 Å². The van der Waals surface area contributed by atoms with Crippen LogP contribution >= 0.6 is 12.2 Å². The Morgan fingerprint density at radius 2 is 2.13 bits per heavy atom. The van der Waals surface area contributed by atoms with Gasteiger partial charge in [0, 0.05) is 36.9 Å². The van der Waals surface area contributed by atoms with Gasteiger partial charge < -0.3 is 20.1 Å². The molecule has 3 aliphatic carbocycles. The average Bonchev–Trinajstić information content (AvgIpc) is 2.95. The number of thiocarbonyl (C=S) groups is 1. The number of morpholine rings is 1. The fraction of sp³-hybridized carbons (Fsp3) is 0.640. The van der Waals surface area contributed by atoms with Gasteiger partial charge in [-0.1, -0.05) is 24.6 Å². The smallest absolute Gasteiger partial charge is 0.171 e. The Bertz CT molecular complexity index is 838. The van der Waals surface area contributed by atoms with Crippen molar-refractivity contribution in [3.05, 3.63) is 35.9 Å². The van der Waals surface area contributed by atoms with E-state index in [-0.39, 0.29) is 5.54 Å². The van der Waals surface area contributed by atoms with E-state index in [1.165, 1.54) is 25.7 Å². The zero-order valence-corrected chi connectivity index (χ0v) is 19.4. The molecule has 4 atom stereocenters. The molecule has 5 nitrogen and oxygen atoms in total. The number of rotatable bonds is 7. The van der Waals surface area contributed by atoms with Gasteiger partial charge in [-0.15, -0.1) is 0 Å². The number of allylic oxidation sites excluding steroid dienone is 2. The maximum atomic E-state index is 6.00. The minimum atomic E-state index is 0.154. The fourth-order valence-corrected chi connectivity index (χ4v) is 6.51. The number of fused-ring (bicyclic) bond motifs is 1. The van der Waals surface area contributed by atoms with Gasteiger partial charge in [-0.2, -0.15) is 0 Å². The van der Waals surface area contributed by atoms with Crippen LogP contribution < -0.4 is 15.4 Å². The maximum absolute atomic E-state index is 6.00. The second kappa shape index (κ2) is 9.08. The second-order valence-corrected chi connectivity index (χ2v) is 10.4. The fourth-order valence-electron chi connectivity index (χ4n) is 6.18. The number of benzene rings is 1. The largest absolute Gasteiger partial charge is 0.493 e. The van der Waals surface area contributed by atoms with E-state index >= 15 is 0 Å². The molecule has 31 heavy (non-hydrogen) atoms. The number of nitrogens with one attached hydrogen (secondary N) is 2. The molecule has 3 fully saturated rings. The summed E-state index contributed by atoms with van der Waals surface area (Å²) in [6.45, 7) is 7.90. The van der Waals surface area contributed by atoms with Gasteiger partial charge in [0.05, 0.1) is 19.8 Å². The molecule has 1 heterocycles. The van der Waals surface area contributed by atoms with E-state index in [1.54, 1.807) is 5.57 Å². The van der Waals surface area contributed by atoms with Gasteiger partial charge in [0.15, 0.2) is 5.11 Å². The lowest BCUT2D eigenvalue weighted by molar-refractivity contribution is 0.0358. The van der Waals surface area contributed by atoms with Crippen molar-refractivity contribution in [3.63, 3.8) is 0 Å². The third kappa shape index (κ3) is 4.91. The van der Waals surface area contributed by atoms with Crippen LogP contribution in [0.25, 0.3) is 0 Å². The number of nitrogens with zero attached hydrogens (tertiary/aromatic N) is 1. The third-order valence-corrected chi connectivity index (χ3v) is 7.68. The Morgan fingerprint density at radius 3 is 3.00 bits per heavy atom. The van der Waals surface area contributed by atoms with Crippen LogP contribution in [0.15, 0.2) is 35.9 Å². The Hall–Kier alpha value is -1.63. The van der Waals surface area contributed by atoms with Gasteiger partial charge >= 0.3 is 0 Å². The molecule has 168 valence electrons. The standard InChI is InChI=1S/C25H35N3O2S/c1-18-12-19-13-20-16-25(15-18,17-23(19)20)27-24(31)26-21-4-2-5-22(14-21)30-9-3-6-28-7-10-29-11-8-28/h2,4-5,12,14,18,20,23H,3,6-11,13,15-17H2,1H3,(H2,26,27,31). The van der Waals surface area contributed by atoms with E-state index in [1.807, 2.05) is 18.2 Å². The summed E-state index contributed by atoms with van der Waals surface area (Å²) in [5, 5.41) is 7.89. The first-order valence-electron chi connectivity index (χ1n) is 11.9. The Balaban J connectivity index is 1.11. The molecule has 0 spiro atoms. The highest BCUT2D eigenvalue weighted by Crippen LogP contribution is 2.58. The summed E-state index contributed by atoms with van der Waals surface area (Å²) < 4.78 is 11.4.